The number of piperidine rings is 1. The first-order chi connectivity index (χ1) is 11.2. The van der Waals surface area contributed by atoms with Gasteiger partial charge in [0.1, 0.15) is 5.60 Å². The molecular formula is C17H29ClN4O2. The number of carbonyl (C=O) groups excluding carboxylic acids is 1. The summed E-state index contributed by atoms with van der Waals surface area (Å²) in [5.41, 5.74) is 0.422. The van der Waals surface area contributed by atoms with Gasteiger partial charge in [-0.1, -0.05) is 25.7 Å². The van der Waals surface area contributed by atoms with Crippen molar-refractivity contribution in [2.75, 3.05) is 25.5 Å². The number of nitrogens with one attached hydrogen (secondary N) is 3. The summed E-state index contributed by atoms with van der Waals surface area (Å²) >= 11 is 0. The van der Waals surface area contributed by atoms with Crippen LogP contribution in [0.15, 0.2) is 6.07 Å². The molecule has 1 aliphatic carbocycles. The Kier molecular flexibility index (Phi) is 7.07. The van der Waals surface area contributed by atoms with Crippen molar-refractivity contribution in [1.29, 1.82) is 0 Å². The highest BCUT2D eigenvalue weighted by Crippen LogP contribution is 2.31. The summed E-state index contributed by atoms with van der Waals surface area (Å²) in [6, 6.07) is 2.00. The van der Waals surface area contributed by atoms with E-state index in [1.54, 1.807) is 7.11 Å². The van der Waals surface area contributed by atoms with Gasteiger partial charge in [-0.15, -0.1) is 12.4 Å². The summed E-state index contributed by atoms with van der Waals surface area (Å²) in [5, 5.41) is 13.6. The molecule has 0 aromatic carbocycles. The van der Waals surface area contributed by atoms with Crippen LogP contribution < -0.4 is 10.6 Å². The Bertz CT molecular complexity index is 520. The molecule has 0 radical (unpaired) electrons. The normalized spacial score (nSPS) is 21.5. The summed E-state index contributed by atoms with van der Waals surface area (Å²) in [7, 11) is 1.62. The molecule has 1 aromatic heterocycles. The van der Waals surface area contributed by atoms with Crippen LogP contribution in [0.5, 0.6) is 0 Å². The number of anilines is 1. The zero-order valence-corrected chi connectivity index (χ0v) is 15.2. The van der Waals surface area contributed by atoms with Crippen LogP contribution in [0.4, 0.5) is 5.82 Å². The molecule has 1 amide bonds. The first kappa shape index (κ1) is 19.2. The first-order valence-corrected chi connectivity index (χ1v) is 8.86. The number of methoxy groups -OCH3 is 1. The number of rotatable bonds is 4. The van der Waals surface area contributed by atoms with E-state index < -0.39 is 5.60 Å². The number of aromatic amines is 1. The molecule has 136 valence electrons. The van der Waals surface area contributed by atoms with E-state index in [4.69, 9.17) is 4.74 Å². The third kappa shape index (κ3) is 4.29. The molecule has 1 aromatic rings. The highest BCUT2D eigenvalue weighted by Gasteiger charge is 2.40. The van der Waals surface area contributed by atoms with E-state index in [0.717, 1.165) is 18.8 Å². The van der Waals surface area contributed by atoms with E-state index in [1.165, 1.54) is 38.5 Å². The maximum absolute atomic E-state index is 12.6. The van der Waals surface area contributed by atoms with Crippen LogP contribution in [0.3, 0.4) is 0 Å². The fraction of sp³-hybridized carbons (Fsp3) is 0.765. The van der Waals surface area contributed by atoms with Crippen LogP contribution >= 0.6 is 12.4 Å². The summed E-state index contributed by atoms with van der Waals surface area (Å²) < 4.78 is 5.56. The van der Waals surface area contributed by atoms with Gasteiger partial charge < -0.3 is 15.4 Å². The largest absolute Gasteiger partial charge is 0.368 e. The molecule has 7 heteroatoms. The Morgan fingerprint density at radius 1 is 1.25 bits per heavy atom. The van der Waals surface area contributed by atoms with Gasteiger partial charge in [0.15, 0.2) is 5.82 Å². The predicted molar refractivity (Wildman–Crippen MR) is 96.8 cm³/mol. The zero-order valence-electron chi connectivity index (χ0n) is 14.4. The molecule has 2 aliphatic rings. The first-order valence-electron chi connectivity index (χ1n) is 8.86. The minimum atomic E-state index is -0.729. The SMILES string of the molecule is COC1(C(=O)Nc2cc(C3CCCCCC3)[nH]n2)CCNCC1.Cl. The van der Waals surface area contributed by atoms with Crippen molar-refractivity contribution in [2.24, 2.45) is 0 Å². The molecule has 0 unspecified atom stereocenters. The predicted octanol–water partition coefficient (Wildman–Crippen LogP) is 2.98. The second kappa shape index (κ2) is 8.83. The van der Waals surface area contributed by atoms with Crippen molar-refractivity contribution < 1.29 is 9.53 Å². The summed E-state index contributed by atoms with van der Waals surface area (Å²) in [6.45, 7) is 1.60. The van der Waals surface area contributed by atoms with Gasteiger partial charge in [-0.05, 0) is 38.8 Å². The van der Waals surface area contributed by atoms with Crippen molar-refractivity contribution in [3.63, 3.8) is 0 Å². The van der Waals surface area contributed by atoms with Gasteiger partial charge in [0, 0.05) is 24.8 Å². The van der Waals surface area contributed by atoms with Crippen molar-refractivity contribution in [1.82, 2.24) is 15.5 Å². The van der Waals surface area contributed by atoms with Crippen LogP contribution in [-0.4, -0.2) is 41.9 Å². The molecule has 0 spiro atoms. The number of halogens is 1. The molecule has 3 N–H and O–H groups in total. The Labute approximate surface area is 149 Å². The van der Waals surface area contributed by atoms with Crippen LogP contribution in [0.1, 0.15) is 63.0 Å². The second-order valence-corrected chi connectivity index (χ2v) is 6.80. The molecule has 6 nitrogen and oxygen atoms in total. The van der Waals surface area contributed by atoms with Gasteiger partial charge in [0.05, 0.1) is 0 Å². The molecule has 0 atom stereocenters. The van der Waals surface area contributed by atoms with Gasteiger partial charge in [-0.25, -0.2) is 0 Å². The Morgan fingerprint density at radius 2 is 1.92 bits per heavy atom. The van der Waals surface area contributed by atoms with Gasteiger partial charge in [0.25, 0.3) is 5.91 Å². The number of H-pyrrole nitrogens is 1. The van der Waals surface area contributed by atoms with Gasteiger partial charge in [-0.3, -0.25) is 9.89 Å². The van der Waals surface area contributed by atoms with Crippen molar-refractivity contribution in [3.8, 4) is 0 Å². The van der Waals surface area contributed by atoms with Gasteiger partial charge >= 0.3 is 0 Å². The fourth-order valence-corrected chi connectivity index (χ4v) is 3.78. The lowest BCUT2D eigenvalue weighted by Crippen LogP contribution is -2.51. The third-order valence-electron chi connectivity index (χ3n) is 5.35. The monoisotopic (exact) mass is 356 g/mol. The molecule has 3 rings (SSSR count). The molecule has 1 saturated heterocycles. The highest BCUT2D eigenvalue weighted by molar-refractivity contribution is 5.96. The van der Waals surface area contributed by atoms with Crippen molar-refractivity contribution in [2.45, 2.75) is 62.9 Å². The number of carbonyl (C=O) groups is 1. The zero-order chi connectivity index (χ0) is 16.1. The van der Waals surface area contributed by atoms with Crippen molar-refractivity contribution >= 4 is 24.1 Å². The number of hydrogen-bond donors (Lipinski definition) is 3. The number of hydrogen-bond acceptors (Lipinski definition) is 4. The fourth-order valence-electron chi connectivity index (χ4n) is 3.78. The molecular weight excluding hydrogens is 328 g/mol. The number of aromatic nitrogens is 2. The average molecular weight is 357 g/mol. The lowest BCUT2D eigenvalue weighted by Gasteiger charge is -2.34. The van der Waals surface area contributed by atoms with Gasteiger partial charge in [-0.2, -0.15) is 5.10 Å². The lowest BCUT2D eigenvalue weighted by molar-refractivity contribution is -0.140. The number of nitrogens with zero attached hydrogens (tertiary/aromatic N) is 1. The van der Waals surface area contributed by atoms with E-state index in [0.29, 0.717) is 24.6 Å². The molecule has 1 saturated carbocycles. The average Bonchev–Trinajstić information content (AvgIpc) is 2.88. The molecule has 0 bridgehead atoms. The molecule has 2 heterocycles. The second-order valence-electron chi connectivity index (χ2n) is 6.80. The summed E-state index contributed by atoms with van der Waals surface area (Å²) in [6.07, 6.45) is 9.03. The van der Waals surface area contributed by atoms with Gasteiger partial charge in [0.2, 0.25) is 0 Å². The van der Waals surface area contributed by atoms with E-state index in [-0.39, 0.29) is 18.3 Å². The van der Waals surface area contributed by atoms with Crippen LogP contribution in [0.2, 0.25) is 0 Å². The molecule has 1 aliphatic heterocycles. The van der Waals surface area contributed by atoms with E-state index in [2.05, 4.69) is 20.8 Å². The topological polar surface area (TPSA) is 79.0 Å². The number of amides is 1. The standard InChI is InChI=1S/C17H28N4O2.ClH/c1-23-17(8-10-18-11-9-17)16(22)19-15-12-14(20-21-15)13-6-4-2-3-5-7-13;/h12-13,18H,2-11H2,1H3,(H2,19,20,21,22);1H. The summed E-state index contributed by atoms with van der Waals surface area (Å²) in [4.78, 5) is 12.6. The van der Waals surface area contributed by atoms with E-state index >= 15 is 0 Å². The molecule has 2 fully saturated rings. The van der Waals surface area contributed by atoms with Crippen LogP contribution in [0.25, 0.3) is 0 Å². The lowest BCUT2D eigenvalue weighted by atomic mass is 9.91. The van der Waals surface area contributed by atoms with E-state index in [1.807, 2.05) is 6.07 Å². The highest BCUT2D eigenvalue weighted by atomic mass is 35.5. The Morgan fingerprint density at radius 3 is 2.54 bits per heavy atom. The Balaban J connectivity index is 0.00000208. The minimum Gasteiger partial charge on any atom is -0.368 e. The minimum absolute atomic E-state index is 0. The number of ether oxygens (including phenoxy) is 1. The smallest absolute Gasteiger partial charge is 0.257 e. The van der Waals surface area contributed by atoms with Crippen LogP contribution in [-0.2, 0) is 9.53 Å². The van der Waals surface area contributed by atoms with E-state index in [9.17, 15) is 4.79 Å². The van der Waals surface area contributed by atoms with Crippen molar-refractivity contribution in [3.05, 3.63) is 11.8 Å². The Hall–Kier alpha value is -1.11. The third-order valence-corrected chi connectivity index (χ3v) is 5.35. The maximum atomic E-state index is 12.6. The quantitative estimate of drug-likeness (QED) is 0.725. The maximum Gasteiger partial charge on any atom is 0.257 e. The molecule has 24 heavy (non-hydrogen) atoms. The summed E-state index contributed by atoms with van der Waals surface area (Å²) in [5.74, 6) is 1.08. The van der Waals surface area contributed by atoms with Crippen LogP contribution in [0, 0.1) is 0 Å².